The third kappa shape index (κ3) is 4.13. The van der Waals surface area contributed by atoms with Gasteiger partial charge in [-0.2, -0.15) is 0 Å². The monoisotopic (exact) mass is 274 g/mol. The van der Waals surface area contributed by atoms with E-state index < -0.39 is 0 Å². The fraction of sp³-hybridized carbons (Fsp3) is 0.929. The van der Waals surface area contributed by atoms with Crippen LogP contribution in [0.2, 0.25) is 0 Å². The number of rotatable bonds is 5. The van der Waals surface area contributed by atoms with Gasteiger partial charge >= 0.3 is 0 Å². The van der Waals surface area contributed by atoms with Crippen molar-refractivity contribution in [2.24, 2.45) is 5.92 Å². The van der Waals surface area contributed by atoms with Gasteiger partial charge < -0.3 is 10.6 Å². The normalized spacial score (nSPS) is 30.1. The van der Waals surface area contributed by atoms with Crippen LogP contribution < -0.4 is 10.6 Å². The Hall–Kier alpha value is -0.280. The molecule has 0 aromatic carbocycles. The lowest BCUT2D eigenvalue weighted by Crippen LogP contribution is -2.48. The number of nitrogens with one attached hydrogen (secondary N) is 2. The smallest absolute Gasteiger partial charge is 0.220 e. The highest BCUT2D eigenvalue weighted by atomic mass is 35.5. The van der Waals surface area contributed by atoms with Gasteiger partial charge in [-0.3, -0.25) is 4.79 Å². The molecular formula is C14H27ClN2O. The van der Waals surface area contributed by atoms with Gasteiger partial charge in [-0.1, -0.05) is 26.7 Å². The van der Waals surface area contributed by atoms with E-state index in [-0.39, 0.29) is 18.3 Å². The van der Waals surface area contributed by atoms with E-state index in [0.29, 0.717) is 30.5 Å². The van der Waals surface area contributed by atoms with E-state index in [0.717, 1.165) is 25.7 Å². The van der Waals surface area contributed by atoms with Crippen LogP contribution in [0.15, 0.2) is 0 Å². The number of hydrogen-bond donors (Lipinski definition) is 2. The molecule has 2 saturated heterocycles. The summed E-state index contributed by atoms with van der Waals surface area (Å²) >= 11 is 0. The molecule has 0 aromatic heterocycles. The van der Waals surface area contributed by atoms with E-state index in [1.54, 1.807) is 0 Å². The Kier molecular flexibility index (Phi) is 6.44. The summed E-state index contributed by atoms with van der Waals surface area (Å²) in [6.45, 7) is 4.35. The highest BCUT2D eigenvalue weighted by Gasteiger charge is 2.33. The van der Waals surface area contributed by atoms with Crippen LogP contribution in [0, 0.1) is 5.92 Å². The van der Waals surface area contributed by atoms with Crippen molar-refractivity contribution in [2.45, 2.75) is 76.9 Å². The van der Waals surface area contributed by atoms with Crippen molar-refractivity contribution in [1.29, 1.82) is 0 Å². The number of carbonyl (C=O) groups excluding carboxylic acids is 1. The topological polar surface area (TPSA) is 41.1 Å². The van der Waals surface area contributed by atoms with Crippen LogP contribution in [-0.2, 0) is 4.79 Å². The molecule has 2 unspecified atom stereocenters. The zero-order chi connectivity index (χ0) is 12.3. The van der Waals surface area contributed by atoms with Crippen LogP contribution in [0.5, 0.6) is 0 Å². The van der Waals surface area contributed by atoms with Gasteiger partial charge in [0.1, 0.15) is 0 Å². The lowest BCUT2D eigenvalue weighted by Gasteiger charge is -2.30. The van der Waals surface area contributed by atoms with E-state index in [9.17, 15) is 4.79 Å². The Morgan fingerprint density at radius 3 is 2.28 bits per heavy atom. The highest BCUT2D eigenvalue weighted by Crippen LogP contribution is 2.27. The van der Waals surface area contributed by atoms with Gasteiger partial charge in [-0.05, 0) is 31.6 Å². The first kappa shape index (κ1) is 15.8. The molecular weight excluding hydrogens is 248 g/mol. The van der Waals surface area contributed by atoms with Crippen LogP contribution in [0.1, 0.15) is 58.8 Å². The van der Waals surface area contributed by atoms with Crippen molar-refractivity contribution in [3.8, 4) is 0 Å². The van der Waals surface area contributed by atoms with Crippen molar-refractivity contribution >= 4 is 18.3 Å². The van der Waals surface area contributed by atoms with Gasteiger partial charge in [0.25, 0.3) is 0 Å². The molecule has 2 bridgehead atoms. The first-order chi connectivity index (χ1) is 8.21. The largest absolute Gasteiger partial charge is 0.353 e. The third-order valence-corrected chi connectivity index (χ3v) is 4.47. The second kappa shape index (κ2) is 7.34. The Labute approximate surface area is 117 Å². The molecule has 2 N–H and O–H groups in total. The Balaban J connectivity index is 0.00000162. The van der Waals surface area contributed by atoms with Crippen molar-refractivity contribution < 1.29 is 4.79 Å². The molecule has 0 saturated carbocycles. The van der Waals surface area contributed by atoms with E-state index in [2.05, 4.69) is 24.5 Å². The molecule has 2 rings (SSSR count). The molecule has 2 atom stereocenters. The van der Waals surface area contributed by atoms with Gasteiger partial charge in [0.2, 0.25) is 5.91 Å². The number of halogens is 1. The second-order valence-electron chi connectivity index (χ2n) is 5.76. The summed E-state index contributed by atoms with van der Waals surface area (Å²) in [5.41, 5.74) is 0. The molecule has 0 spiro atoms. The van der Waals surface area contributed by atoms with Crippen molar-refractivity contribution in [1.82, 2.24) is 10.6 Å². The molecule has 4 heteroatoms. The zero-order valence-electron chi connectivity index (χ0n) is 11.6. The maximum Gasteiger partial charge on any atom is 0.220 e. The van der Waals surface area contributed by atoms with Gasteiger partial charge in [0.05, 0.1) is 0 Å². The minimum atomic E-state index is 0. The highest BCUT2D eigenvalue weighted by molar-refractivity contribution is 5.85. The SMILES string of the molecule is CCC(CC)CC(=O)NC1CC2CCC(C1)N2.Cl. The van der Waals surface area contributed by atoms with E-state index in [1.165, 1.54) is 12.8 Å². The van der Waals surface area contributed by atoms with Crippen molar-refractivity contribution in [3.63, 3.8) is 0 Å². The summed E-state index contributed by atoms with van der Waals surface area (Å²) < 4.78 is 0. The maximum atomic E-state index is 11.9. The molecule has 1 amide bonds. The molecule has 106 valence electrons. The fourth-order valence-corrected chi connectivity index (χ4v) is 3.30. The standard InChI is InChI=1S/C14H26N2O.ClH/c1-3-10(4-2)7-14(17)16-13-8-11-5-6-12(9-13)15-11;/h10-13,15H,3-9H2,1-2H3,(H,16,17);1H. The minimum Gasteiger partial charge on any atom is -0.353 e. The maximum absolute atomic E-state index is 11.9. The van der Waals surface area contributed by atoms with E-state index in [1.807, 2.05) is 0 Å². The number of amides is 1. The lowest BCUT2D eigenvalue weighted by molar-refractivity contribution is -0.123. The Morgan fingerprint density at radius 1 is 1.22 bits per heavy atom. The van der Waals surface area contributed by atoms with E-state index in [4.69, 9.17) is 0 Å². The average molecular weight is 275 g/mol. The summed E-state index contributed by atoms with van der Waals surface area (Å²) in [4.78, 5) is 11.9. The molecule has 2 heterocycles. The predicted octanol–water partition coefficient (Wildman–Crippen LogP) is 2.63. The van der Waals surface area contributed by atoms with Gasteiger partial charge in [-0.15, -0.1) is 12.4 Å². The van der Waals surface area contributed by atoms with Crippen LogP contribution >= 0.6 is 12.4 Å². The summed E-state index contributed by atoms with van der Waals surface area (Å²) in [5.74, 6) is 0.832. The average Bonchev–Trinajstić information content (AvgIpc) is 2.65. The van der Waals surface area contributed by atoms with Gasteiger partial charge in [0, 0.05) is 24.5 Å². The van der Waals surface area contributed by atoms with Crippen LogP contribution in [0.3, 0.4) is 0 Å². The molecule has 18 heavy (non-hydrogen) atoms. The molecule has 0 radical (unpaired) electrons. The van der Waals surface area contributed by atoms with Crippen molar-refractivity contribution in [3.05, 3.63) is 0 Å². The van der Waals surface area contributed by atoms with Crippen molar-refractivity contribution in [2.75, 3.05) is 0 Å². The first-order valence-corrected chi connectivity index (χ1v) is 7.26. The molecule has 0 aromatic rings. The molecule has 2 aliphatic rings. The number of carbonyl (C=O) groups is 1. The number of piperidine rings is 1. The first-order valence-electron chi connectivity index (χ1n) is 7.26. The molecule has 3 nitrogen and oxygen atoms in total. The van der Waals surface area contributed by atoms with Crippen LogP contribution in [0.25, 0.3) is 0 Å². The second-order valence-corrected chi connectivity index (χ2v) is 5.76. The molecule has 2 fully saturated rings. The third-order valence-electron chi connectivity index (χ3n) is 4.47. The number of fused-ring (bicyclic) bond motifs is 2. The minimum absolute atomic E-state index is 0. The summed E-state index contributed by atoms with van der Waals surface area (Å²) in [7, 11) is 0. The summed E-state index contributed by atoms with van der Waals surface area (Å²) in [6, 6.07) is 1.75. The molecule has 0 aliphatic carbocycles. The van der Waals surface area contributed by atoms with Crippen LogP contribution in [-0.4, -0.2) is 24.0 Å². The van der Waals surface area contributed by atoms with E-state index >= 15 is 0 Å². The predicted molar refractivity (Wildman–Crippen MR) is 77.0 cm³/mol. The summed E-state index contributed by atoms with van der Waals surface area (Å²) in [5, 5.41) is 6.85. The van der Waals surface area contributed by atoms with Gasteiger partial charge in [0.15, 0.2) is 0 Å². The molecule has 2 aliphatic heterocycles. The van der Waals surface area contributed by atoms with Crippen LogP contribution in [0.4, 0.5) is 0 Å². The Morgan fingerprint density at radius 2 is 1.78 bits per heavy atom. The fourth-order valence-electron chi connectivity index (χ4n) is 3.30. The quantitative estimate of drug-likeness (QED) is 0.809. The van der Waals surface area contributed by atoms with Gasteiger partial charge in [-0.25, -0.2) is 0 Å². The summed E-state index contributed by atoms with van der Waals surface area (Å²) in [6.07, 6.45) is 7.79. The Bertz CT molecular complexity index is 257. The number of hydrogen-bond acceptors (Lipinski definition) is 2. The lowest BCUT2D eigenvalue weighted by atomic mass is 9.97. The zero-order valence-corrected chi connectivity index (χ0v) is 12.4.